The number of hydrogen-bond donors (Lipinski definition) is 1. The van der Waals surface area contributed by atoms with Gasteiger partial charge < -0.3 is 10.1 Å². The Kier molecular flexibility index (Phi) is 3.18. The van der Waals surface area contributed by atoms with Gasteiger partial charge in [0.05, 0.1) is 24.3 Å². The van der Waals surface area contributed by atoms with Gasteiger partial charge in [-0.2, -0.15) is 0 Å². The number of pyridine rings is 1. The van der Waals surface area contributed by atoms with Gasteiger partial charge in [0.25, 0.3) is 0 Å². The molecule has 0 spiro atoms. The van der Waals surface area contributed by atoms with E-state index >= 15 is 0 Å². The fraction of sp³-hybridized carbons (Fsp3) is 0.250. The molecule has 1 aromatic heterocycles. The van der Waals surface area contributed by atoms with Gasteiger partial charge in [-0.25, -0.2) is 4.79 Å². The number of nitrogens with one attached hydrogen (secondary N) is 1. The topological polar surface area (TPSA) is 68.3 Å². The van der Waals surface area contributed by atoms with Gasteiger partial charge in [0.2, 0.25) is 5.91 Å². The first kappa shape index (κ1) is 11.3. The smallest absolute Gasteiger partial charge is 0.336 e. The molecule has 0 aliphatic carbocycles. The highest BCUT2D eigenvalue weighted by Gasteiger charge is 2.28. The third-order valence-electron chi connectivity index (χ3n) is 2.38. The zero-order valence-corrected chi connectivity index (χ0v) is 9.40. The van der Waals surface area contributed by atoms with Gasteiger partial charge in [0, 0.05) is 18.0 Å². The average Bonchev–Trinajstić information content (AvgIpc) is 2.73. The summed E-state index contributed by atoms with van der Waals surface area (Å²) in [5.74, 6) is -0.656. The molecule has 88 valence electrons. The van der Waals surface area contributed by atoms with Crippen molar-refractivity contribution in [1.29, 1.82) is 0 Å². The van der Waals surface area contributed by atoms with Crippen LogP contribution in [0.15, 0.2) is 30.1 Å². The van der Waals surface area contributed by atoms with Crippen LogP contribution >= 0.6 is 0 Å². The van der Waals surface area contributed by atoms with Crippen molar-refractivity contribution in [1.82, 2.24) is 10.3 Å². The fourth-order valence-electron chi connectivity index (χ4n) is 1.66. The summed E-state index contributed by atoms with van der Waals surface area (Å²) in [5, 5.41) is 2.66. The highest BCUT2D eigenvalue weighted by Crippen LogP contribution is 2.24. The van der Waals surface area contributed by atoms with E-state index in [2.05, 4.69) is 10.3 Å². The monoisotopic (exact) mass is 232 g/mol. The molecule has 1 aliphatic heterocycles. The van der Waals surface area contributed by atoms with E-state index in [-0.39, 0.29) is 18.9 Å². The Labute approximate surface area is 98.5 Å². The molecular weight excluding hydrogens is 220 g/mol. The van der Waals surface area contributed by atoms with E-state index in [0.29, 0.717) is 16.8 Å². The number of hydrogen-bond acceptors (Lipinski definition) is 4. The van der Waals surface area contributed by atoms with Crippen molar-refractivity contribution in [3.63, 3.8) is 0 Å². The molecule has 5 nitrogen and oxygen atoms in total. The van der Waals surface area contributed by atoms with Gasteiger partial charge in [-0.05, 0) is 19.1 Å². The van der Waals surface area contributed by atoms with E-state index in [1.807, 2.05) is 0 Å². The normalized spacial score (nSPS) is 14.8. The first-order chi connectivity index (χ1) is 8.22. The van der Waals surface area contributed by atoms with E-state index in [0.717, 1.165) is 0 Å². The number of ether oxygens (including phenoxy) is 1. The molecular formula is C12H12N2O3. The zero-order chi connectivity index (χ0) is 12.3. The van der Waals surface area contributed by atoms with Crippen LogP contribution in [0, 0.1) is 0 Å². The maximum Gasteiger partial charge on any atom is 0.336 e. The number of nitrogens with zero attached hydrogens (tertiary/aromatic N) is 1. The van der Waals surface area contributed by atoms with Gasteiger partial charge in [-0.1, -0.05) is 0 Å². The average molecular weight is 232 g/mol. The fourth-order valence-corrected chi connectivity index (χ4v) is 1.66. The molecule has 0 radical (unpaired) electrons. The zero-order valence-electron chi connectivity index (χ0n) is 9.40. The van der Waals surface area contributed by atoms with Crippen LogP contribution in [0.25, 0.3) is 5.70 Å². The molecule has 0 saturated carbocycles. The third kappa shape index (κ3) is 2.33. The summed E-state index contributed by atoms with van der Waals surface area (Å²) in [6, 6.07) is 3.53. The van der Waals surface area contributed by atoms with Crippen molar-refractivity contribution in [2.24, 2.45) is 0 Å². The van der Waals surface area contributed by atoms with Crippen LogP contribution in [0.5, 0.6) is 0 Å². The number of aromatic nitrogens is 1. The molecule has 2 rings (SSSR count). The standard InChI is InChI=1S/C12H12N2O3/c1-2-17-12(16)9-6-10(15)14-11(9)8-4-3-5-13-7-8/h3-5,7H,2,6H2,1H3,(H,14,15). The van der Waals surface area contributed by atoms with Crippen LogP contribution < -0.4 is 5.32 Å². The van der Waals surface area contributed by atoms with Crippen LogP contribution in [-0.2, 0) is 14.3 Å². The summed E-state index contributed by atoms with van der Waals surface area (Å²) >= 11 is 0. The molecule has 0 aromatic carbocycles. The van der Waals surface area contributed by atoms with E-state index in [1.54, 1.807) is 31.5 Å². The largest absolute Gasteiger partial charge is 0.463 e. The molecule has 1 N–H and O–H groups in total. The Morgan fingerprint density at radius 2 is 2.41 bits per heavy atom. The summed E-state index contributed by atoms with van der Waals surface area (Å²) in [7, 11) is 0. The van der Waals surface area contributed by atoms with Gasteiger partial charge in [0.1, 0.15) is 0 Å². The molecule has 0 fully saturated rings. The van der Waals surface area contributed by atoms with E-state index in [4.69, 9.17) is 4.74 Å². The Bertz CT molecular complexity index is 480. The lowest BCUT2D eigenvalue weighted by atomic mass is 10.1. The highest BCUT2D eigenvalue weighted by atomic mass is 16.5. The highest BCUT2D eigenvalue weighted by molar-refractivity contribution is 6.09. The summed E-state index contributed by atoms with van der Waals surface area (Å²) in [6.45, 7) is 2.02. The summed E-state index contributed by atoms with van der Waals surface area (Å²) < 4.78 is 4.92. The molecule has 0 atom stereocenters. The first-order valence-electron chi connectivity index (χ1n) is 5.33. The first-order valence-corrected chi connectivity index (χ1v) is 5.33. The minimum Gasteiger partial charge on any atom is -0.463 e. The maximum absolute atomic E-state index is 11.7. The molecule has 1 amide bonds. The lowest BCUT2D eigenvalue weighted by Crippen LogP contribution is -2.14. The SMILES string of the molecule is CCOC(=O)C1=C(c2cccnc2)NC(=O)C1. The molecule has 1 aliphatic rings. The van der Waals surface area contributed by atoms with Crippen molar-refractivity contribution in [3.05, 3.63) is 35.7 Å². The van der Waals surface area contributed by atoms with Crippen molar-refractivity contribution >= 4 is 17.6 Å². The van der Waals surface area contributed by atoms with Gasteiger partial charge >= 0.3 is 5.97 Å². The van der Waals surface area contributed by atoms with E-state index < -0.39 is 5.97 Å². The van der Waals surface area contributed by atoms with Crippen LogP contribution in [-0.4, -0.2) is 23.5 Å². The number of carbonyl (C=O) groups excluding carboxylic acids is 2. The van der Waals surface area contributed by atoms with Crippen LogP contribution in [0.4, 0.5) is 0 Å². The second kappa shape index (κ2) is 4.78. The Morgan fingerprint density at radius 3 is 3.06 bits per heavy atom. The number of esters is 1. The predicted molar refractivity (Wildman–Crippen MR) is 60.5 cm³/mol. The molecule has 0 unspecified atom stereocenters. The second-order valence-corrected chi connectivity index (χ2v) is 3.54. The van der Waals surface area contributed by atoms with Gasteiger partial charge in [-0.3, -0.25) is 9.78 Å². The van der Waals surface area contributed by atoms with Crippen molar-refractivity contribution in [2.75, 3.05) is 6.61 Å². The summed E-state index contributed by atoms with van der Waals surface area (Å²) in [6.07, 6.45) is 3.29. The predicted octanol–water partition coefficient (Wildman–Crippen LogP) is 0.876. The quantitative estimate of drug-likeness (QED) is 0.785. The Balaban J connectivity index is 2.37. The van der Waals surface area contributed by atoms with Crippen LogP contribution in [0.2, 0.25) is 0 Å². The second-order valence-electron chi connectivity index (χ2n) is 3.54. The van der Waals surface area contributed by atoms with Crippen LogP contribution in [0.3, 0.4) is 0 Å². The van der Waals surface area contributed by atoms with E-state index in [9.17, 15) is 9.59 Å². The van der Waals surface area contributed by atoms with Crippen LogP contribution in [0.1, 0.15) is 18.9 Å². The molecule has 2 heterocycles. The molecule has 0 saturated heterocycles. The van der Waals surface area contributed by atoms with Crippen molar-refractivity contribution < 1.29 is 14.3 Å². The number of rotatable bonds is 3. The molecule has 5 heteroatoms. The van der Waals surface area contributed by atoms with Crippen molar-refractivity contribution in [3.8, 4) is 0 Å². The minimum absolute atomic E-state index is 0.0586. The van der Waals surface area contributed by atoms with E-state index in [1.165, 1.54) is 0 Å². The number of amides is 1. The summed E-state index contributed by atoms with van der Waals surface area (Å²) in [4.78, 5) is 27.0. The van der Waals surface area contributed by atoms with Crippen molar-refractivity contribution in [2.45, 2.75) is 13.3 Å². The van der Waals surface area contributed by atoms with Gasteiger partial charge in [0.15, 0.2) is 0 Å². The Hall–Kier alpha value is -2.17. The number of carbonyl (C=O) groups is 2. The lowest BCUT2D eigenvalue weighted by molar-refractivity contribution is -0.139. The summed E-state index contributed by atoms with van der Waals surface area (Å²) in [5.41, 5.74) is 1.58. The Morgan fingerprint density at radius 1 is 1.59 bits per heavy atom. The maximum atomic E-state index is 11.7. The van der Waals surface area contributed by atoms with Gasteiger partial charge in [-0.15, -0.1) is 0 Å². The molecule has 1 aromatic rings. The third-order valence-corrected chi connectivity index (χ3v) is 2.38. The molecule has 0 bridgehead atoms. The molecule has 17 heavy (non-hydrogen) atoms. The minimum atomic E-state index is -0.454. The lowest BCUT2D eigenvalue weighted by Gasteiger charge is -2.05.